The summed E-state index contributed by atoms with van der Waals surface area (Å²) in [4.78, 5) is 1.27. The number of fused-ring (bicyclic) bond motifs is 1. The zero-order valence-electron chi connectivity index (χ0n) is 10.7. The summed E-state index contributed by atoms with van der Waals surface area (Å²) < 4.78 is 5.52. The highest BCUT2D eigenvalue weighted by atomic mass is 32.2. The van der Waals surface area contributed by atoms with Gasteiger partial charge in [0.2, 0.25) is 0 Å². The molecule has 2 aromatic carbocycles. The maximum atomic E-state index is 6.28. The molecule has 1 unspecified atom stereocenters. The molecular formula is C16H17NOS. The van der Waals surface area contributed by atoms with Crippen molar-refractivity contribution in [3.63, 3.8) is 0 Å². The topological polar surface area (TPSA) is 35.2 Å². The average molecular weight is 271 g/mol. The molecule has 2 nitrogen and oxygen atoms in total. The third-order valence-electron chi connectivity index (χ3n) is 3.31. The van der Waals surface area contributed by atoms with Crippen molar-refractivity contribution in [2.45, 2.75) is 17.4 Å². The lowest BCUT2D eigenvalue weighted by molar-refractivity contribution is 0.357. The molecule has 0 saturated heterocycles. The van der Waals surface area contributed by atoms with E-state index < -0.39 is 0 Å². The molecule has 2 N–H and O–H groups in total. The van der Waals surface area contributed by atoms with Crippen LogP contribution in [0.4, 0.5) is 0 Å². The summed E-state index contributed by atoms with van der Waals surface area (Å²) in [5.41, 5.74) is 8.77. The lowest BCUT2D eigenvalue weighted by atomic mass is 10.0. The van der Waals surface area contributed by atoms with Crippen molar-refractivity contribution >= 4 is 11.8 Å². The van der Waals surface area contributed by atoms with Crippen molar-refractivity contribution in [1.82, 2.24) is 0 Å². The number of nitrogens with two attached hydrogens (primary N) is 1. The lowest BCUT2D eigenvalue weighted by Gasteiger charge is -2.12. The molecule has 98 valence electrons. The SMILES string of the molecule is NC(CSc1ccccc1)c1ccc2c(c1)CCO2. The third kappa shape index (κ3) is 2.94. The Labute approximate surface area is 118 Å². The van der Waals surface area contributed by atoms with Crippen molar-refractivity contribution < 1.29 is 4.74 Å². The van der Waals surface area contributed by atoms with Crippen molar-refractivity contribution in [2.75, 3.05) is 12.4 Å². The summed E-state index contributed by atoms with van der Waals surface area (Å²) in [6.45, 7) is 0.798. The van der Waals surface area contributed by atoms with E-state index in [1.807, 2.05) is 12.1 Å². The van der Waals surface area contributed by atoms with E-state index in [0.717, 1.165) is 24.5 Å². The summed E-state index contributed by atoms with van der Waals surface area (Å²) >= 11 is 1.80. The van der Waals surface area contributed by atoms with Crippen molar-refractivity contribution in [1.29, 1.82) is 0 Å². The number of benzene rings is 2. The molecule has 3 heteroatoms. The molecule has 19 heavy (non-hydrogen) atoms. The Hall–Kier alpha value is -1.45. The van der Waals surface area contributed by atoms with Gasteiger partial charge in [-0.25, -0.2) is 0 Å². The third-order valence-corrected chi connectivity index (χ3v) is 4.45. The first-order valence-corrected chi connectivity index (χ1v) is 7.50. The molecular weight excluding hydrogens is 254 g/mol. The van der Waals surface area contributed by atoms with Crippen LogP contribution in [0.15, 0.2) is 53.4 Å². The summed E-state index contributed by atoms with van der Waals surface area (Å²) in [6.07, 6.45) is 1.00. The van der Waals surface area contributed by atoms with Gasteiger partial charge >= 0.3 is 0 Å². The molecule has 2 aromatic rings. The van der Waals surface area contributed by atoms with Crippen LogP contribution in [0.25, 0.3) is 0 Å². The van der Waals surface area contributed by atoms with Crippen LogP contribution in [0, 0.1) is 0 Å². The average Bonchev–Trinajstić information content (AvgIpc) is 2.93. The van der Waals surface area contributed by atoms with Gasteiger partial charge < -0.3 is 10.5 Å². The van der Waals surface area contributed by atoms with E-state index in [2.05, 4.69) is 36.4 Å². The molecule has 0 aromatic heterocycles. The van der Waals surface area contributed by atoms with Gasteiger partial charge in [-0.1, -0.05) is 30.3 Å². The Morgan fingerprint density at radius 2 is 2.00 bits per heavy atom. The van der Waals surface area contributed by atoms with Crippen LogP contribution in [0.5, 0.6) is 5.75 Å². The highest BCUT2D eigenvalue weighted by Crippen LogP contribution is 2.29. The van der Waals surface area contributed by atoms with Crippen LogP contribution in [0.3, 0.4) is 0 Å². The van der Waals surface area contributed by atoms with Gasteiger partial charge in [-0.2, -0.15) is 0 Å². The van der Waals surface area contributed by atoms with Crippen LogP contribution in [-0.4, -0.2) is 12.4 Å². The monoisotopic (exact) mass is 271 g/mol. The Balaban J connectivity index is 1.65. The van der Waals surface area contributed by atoms with Gasteiger partial charge in [-0.3, -0.25) is 0 Å². The molecule has 1 aliphatic heterocycles. The van der Waals surface area contributed by atoms with Gasteiger partial charge in [0.05, 0.1) is 6.61 Å². The molecule has 0 radical (unpaired) electrons. The highest BCUT2D eigenvalue weighted by molar-refractivity contribution is 7.99. The highest BCUT2D eigenvalue weighted by Gasteiger charge is 2.14. The van der Waals surface area contributed by atoms with Crippen LogP contribution in [0.1, 0.15) is 17.2 Å². The number of hydrogen-bond acceptors (Lipinski definition) is 3. The molecule has 1 heterocycles. The Morgan fingerprint density at radius 1 is 1.16 bits per heavy atom. The van der Waals surface area contributed by atoms with Crippen molar-refractivity contribution in [3.05, 3.63) is 59.7 Å². The zero-order chi connectivity index (χ0) is 13.1. The first-order valence-electron chi connectivity index (χ1n) is 6.52. The van der Waals surface area contributed by atoms with Crippen LogP contribution < -0.4 is 10.5 Å². The maximum absolute atomic E-state index is 6.28. The van der Waals surface area contributed by atoms with Crippen molar-refractivity contribution in [3.8, 4) is 5.75 Å². The minimum atomic E-state index is 0.0658. The second kappa shape index (κ2) is 5.68. The van der Waals surface area contributed by atoms with Gasteiger partial charge in [0.15, 0.2) is 0 Å². The van der Waals surface area contributed by atoms with Crippen LogP contribution in [0.2, 0.25) is 0 Å². The largest absolute Gasteiger partial charge is 0.493 e. The quantitative estimate of drug-likeness (QED) is 0.865. The lowest BCUT2D eigenvalue weighted by Crippen LogP contribution is -2.13. The van der Waals surface area contributed by atoms with Gasteiger partial charge in [0.25, 0.3) is 0 Å². The Morgan fingerprint density at radius 3 is 2.84 bits per heavy atom. The van der Waals surface area contributed by atoms with Gasteiger partial charge in [0, 0.05) is 23.1 Å². The fourth-order valence-electron chi connectivity index (χ4n) is 2.24. The molecule has 0 amide bonds. The normalized spacial score (nSPS) is 14.8. The molecule has 0 fully saturated rings. The number of thioether (sulfide) groups is 1. The van der Waals surface area contributed by atoms with E-state index in [1.54, 1.807) is 11.8 Å². The van der Waals surface area contributed by atoms with E-state index in [0.29, 0.717) is 0 Å². The Bertz CT molecular complexity index is 556. The first kappa shape index (κ1) is 12.6. The zero-order valence-corrected chi connectivity index (χ0v) is 11.5. The number of ether oxygens (including phenoxy) is 1. The molecule has 1 aliphatic rings. The second-order valence-electron chi connectivity index (χ2n) is 4.70. The second-order valence-corrected chi connectivity index (χ2v) is 5.79. The smallest absolute Gasteiger partial charge is 0.122 e. The van der Waals surface area contributed by atoms with Gasteiger partial charge in [-0.05, 0) is 29.3 Å². The van der Waals surface area contributed by atoms with Crippen molar-refractivity contribution in [2.24, 2.45) is 5.73 Å². The molecule has 3 rings (SSSR count). The van der Waals surface area contributed by atoms with E-state index in [4.69, 9.17) is 10.5 Å². The maximum Gasteiger partial charge on any atom is 0.122 e. The first-order chi connectivity index (χ1) is 9.33. The summed E-state index contributed by atoms with van der Waals surface area (Å²) in [5, 5.41) is 0. The summed E-state index contributed by atoms with van der Waals surface area (Å²) in [6, 6.07) is 16.8. The van der Waals surface area contributed by atoms with E-state index >= 15 is 0 Å². The standard InChI is InChI=1S/C16H17NOS/c17-15(11-19-14-4-2-1-3-5-14)12-6-7-16-13(10-12)8-9-18-16/h1-7,10,15H,8-9,11,17H2. The van der Waals surface area contributed by atoms with Crippen LogP contribution >= 0.6 is 11.8 Å². The minimum Gasteiger partial charge on any atom is -0.493 e. The fourth-order valence-corrected chi connectivity index (χ4v) is 3.15. The summed E-state index contributed by atoms with van der Waals surface area (Å²) in [5.74, 6) is 1.91. The minimum absolute atomic E-state index is 0.0658. The number of hydrogen-bond donors (Lipinski definition) is 1. The van der Waals surface area contributed by atoms with Gasteiger partial charge in [0.1, 0.15) is 5.75 Å². The molecule has 1 atom stereocenters. The predicted octanol–water partition coefficient (Wildman–Crippen LogP) is 3.41. The van der Waals surface area contributed by atoms with E-state index in [1.165, 1.54) is 16.0 Å². The van der Waals surface area contributed by atoms with E-state index in [9.17, 15) is 0 Å². The fraction of sp³-hybridized carbons (Fsp3) is 0.250. The predicted molar refractivity (Wildman–Crippen MR) is 79.7 cm³/mol. The number of rotatable bonds is 4. The van der Waals surface area contributed by atoms with Crippen LogP contribution in [-0.2, 0) is 6.42 Å². The molecule has 0 saturated carbocycles. The molecule has 0 bridgehead atoms. The molecule has 0 aliphatic carbocycles. The Kier molecular flexibility index (Phi) is 3.76. The van der Waals surface area contributed by atoms with Gasteiger partial charge in [-0.15, -0.1) is 11.8 Å². The van der Waals surface area contributed by atoms with E-state index in [-0.39, 0.29) is 6.04 Å². The molecule has 0 spiro atoms. The summed E-state index contributed by atoms with van der Waals surface area (Å²) in [7, 11) is 0.